The molecule has 8 nitrogen and oxygen atoms in total. The van der Waals surface area contributed by atoms with Crippen LogP contribution in [0, 0.1) is 16.0 Å². The third kappa shape index (κ3) is 5.01. The smallest absolute Gasteiger partial charge is 0.327 e. The maximum absolute atomic E-state index is 13.1. The number of hydrogen-bond donors (Lipinski definition) is 0. The molecule has 1 aromatic rings. The van der Waals surface area contributed by atoms with Crippen LogP contribution in [0.4, 0.5) is 5.69 Å². The Morgan fingerprint density at radius 2 is 1.81 bits per heavy atom. The van der Waals surface area contributed by atoms with Crippen molar-refractivity contribution in [2.45, 2.75) is 51.5 Å². The second-order valence-electron chi connectivity index (χ2n) is 6.79. The molecule has 0 N–H and O–H groups in total. The van der Waals surface area contributed by atoms with Crippen LogP contribution in [-0.2, 0) is 19.6 Å². The summed E-state index contributed by atoms with van der Waals surface area (Å²) in [4.78, 5) is 22.4. The zero-order valence-corrected chi connectivity index (χ0v) is 16.6. The predicted molar refractivity (Wildman–Crippen MR) is 97.2 cm³/mol. The lowest BCUT2D eigenvalue weighted by atomic mass is 10.0. The first-order valence-electron chi connectivity index (χ1n) is 8.39. The maximum Gasteiger partial charge on any atom is 0.327 e. The van der Waals surface area contributed by atoms with Crippen molar-refractivity contribution in [3.8, 4) is 0 Å². The molecule has 9 heteroatoms. The average Bonchev–Trinajstić information content (AvgIpc) is 2.54. The number of hydrogen-bond acceptors (Lipinski definition) is 6. The van der Waals surface area contributed by atoms with Gasteiger partial charge in [-0.2, -0.15) is 4.31 Å². The number of rotatable bonds is 9. The summed E-state index contributed by atoms with van der Waals surface area (Å²) >= 11 is 0. The Kier molecular flexibility index (Phi) is 7.28. The fourth-order valence-corrected chi connectivity index (χ4v) is 4.11. The molecule has 0 aromatic heterocycles. The third-order valence-corrected chi connectivity index (χ3v) is 6.03. The molecule has 0 radical (unpaired) electrons. The number of carbonyl (C=O) groups is 1. The molecule has 0 saturated carbocycles. The summed E-state index contributed by atoms with van der Waals surface area (Å²) in [6.07, 6.45) is 0.551. The minimum Gasteiger partial charge on any atom is -0.465 e. The van der Waals surface area contributed by atoms with Crippen LogP contribution in [0.25, 0.3) is 0 Å². The second kappa shape index (κ2) is 8.59. The van der Waals surface area contributed by atoms with Gasteiger partial charge in [0.1, 0.15) is 5.54 Å². The van der Waals surface area contributed by atoms with E-state index in [4.69, 9.17) is 4.74 Å². The maximum atomic E-state index is 13.1. The van der Waals surface area contributed by atoms with Crippen LogP contribution in [0.5, 0.6) is 0 Å². The van der Waals surface area contributed by atoms with Crippen molar-refractivity contribution in [1.29, 1.82) is 0 Å². The molecule has 0 amide bonds. The Morgan fingerprint density at radius 1 is 1.27 bits per heavy atom. The lowest BCUT2D eigenvalue weighted by molar-refractivity contribution is -0.384. The number of nitro benzene ring substituents is 1. The Morgan fingerprint density at radius 3 is 2.23 bits per heavy atom. The van der Waals surface area contributed by atoms with E-state index in [2.05, 4.69) is 0 Å². The van der Waals surface area contributed by atoms with E-state index in [1.165, 1.54) is 26.0 Å². The van der Waals surface area contributed by atoms with Crippen LogP contribution in [0.15, 0.2) is 29.2 Å². The van der Waals surface area contributed by atoms with Crippen molar-refractivity contribution in [3.05, 3.63) is 34.4 Å². The Labute approximate surface area is 154 Å². The lowest BCUT2D eigenvalue weighted by Crippen LogP contribution is -2.54. The quantitative estimate of drug-likeness (QED) is 0.367. The molecule has 0 fully saturated rings. The van der Waals surface area contributed by atoms with Crippen molar-refractivity contribution >= 4 is 21.7 Å². The first kappa shape index (κ1) is 22.0. The molecule has 1 aromatic carbocycles. The molecule has 26 heavy (non-hydrogen) atoms. The number of benzene rings is 1. The molecule has 0 bridgehead atoms. The summed E-state index contributed by atoms with van der Waals surface area (Å²) < 4.78 is 32.4. The number of ether oxygens (including phenoxy) is 1. The Bertz CT molecular complexity index is 741. The topological polar surface area (TPSA) is 107 Å². The summed E-state index contributed by atoms with van der Waals surface area (Å²) in [7, 11) is -4.05. The Balaban J connectivity index is 3.34. The van der Waals surface area contributed by atoms with Crippen LogP contribution >= 0.6 is 0 Å². The second-order valence-corrected chi connectivity index (χ2v) is 8.65. The highest BCUT2D eigenvalue weighted by Gasteiger charge is 2.43. The van der Waals surface area contributed by atoms with Gasteiger partial charge in [-0.25, -0.2) is 8.42 Å². The highest BCUT2D eigenvalue weighted by Crippen LogP contribution is 2.28. The van der Waals surface area contributed by atoms with E-state index >= 15 is 0 Å². The standard InChI is InChI=1S/C17H26N2O6S/c1-6-25-16(20)17(4,5)18(12-11-13(2)3)26(23,24)15-9-7-14(8-10-15)19(21)22/h7-10,13H,6,11-12H2,1-5H3. The lowest BCUT2D eigenvalue weighted by Gasteiger charge is -2.35. The SMILES string of the molecule is CCOC(=O)C(C)(C)N(CCC(C)C)S(=O)(=O)c1ccc([N+](=O)[O-])cc1. The van der Waals surface area contributed by atoms with Crippen LogP contribution in [0.3, 0.4) is 0 Å². The molecule has 0 spiro atoms. The van der Waals surface area contributed by atoms with E-state index < -0.39 is 26.5 Å². The monoisotopic (exact) mass is 386 g/mol. The van der Waals surface area contributed by atoms with Gasteiger partial charge >= 0.3 is 5.97 Å². The number of non-ortho nitro benzene ring substituents is 1. The van der Waals surface area contributed by atoms with Gasteiger partial charge in [0.05, 0.1) is 16.4 Å². The zero-order chi connectivity index (χ0) is 20.1. The Hall–Kier alpha value is -2.00. The number of esters is 1. The van der Waals surface area contributed by atoms with Gasteiger partial charge in [-0.15, -0.1) is 0 Å². The van der Waals surface area contributed by atoms with Gasteiger partial charge < -0.3 is 4.74 Å². The first-order chi connectivity index (χ1) is 11.9. The molecule has 0 aliphatic heterocycles. The number of nitro groups is 1. The van der Waals surface area contributed by atoms with E-state index in [0.717, 1.165) is 16.4 Å². The minimum absolute atomic E-state index is 0.107. The number of sulfonamides is 1. The minimum atomic E-state index is -4.05. The van der Waals surface area contributed by atoms with Gasteiger partial charge in [-0.3, -0.25) is 14.9 Å². The van der Waals surface area contributed by atoms with Gasteiger partial charge in [0, 0.05) is 18.7 Å². The van der Waals surface area contributed by atoms with Gasteiger partial charge in [-0.05, 0) is 45.2 Å². The molecule has 0 atom stereocenters. The number of nitrogens with zero attached hydrogens (tertiary/aromatic N) is 2. The van der Waals surface area contributed by atoms with Crippen LogP contribution in [0.1, 0.15) is 41.0 Å². The number of carbonyl (C=O) groups excluding carboxylic acids is 1. The van der Waals surface area contributed by atoms with Gasteiger partial charge in [0.25, 0.3) is 5.69 Å². The van der Waals surface area contributed by atoms with Crippen molar-refractivity contribution in [1.82, 2.24) is 4.31 Å². The third-order valence-electron chi connectivity index (χ3n) is 3.94. The van der Waals surface area contributed by atoms with Gasteiger partial charge in [0.2, 0.25) is 10.0 Å². The summed E-state index contributed by atoms with van der Waals surface area (Å²) in [6, 6.07) is 4.61. The summed E-state index contributed by atoms with van der Waals surface area (Å²) in [6.45, 7) is 8.81. The first-order valence-corrected chi connectivity index (χ1v) is 9.83. The fraction of sp³-hybridized carbons (Fsp3) is 0.588. The summed E-state index contributed by atoms with van der Waals surface area (Å²) in [5.41, 5.74) is -1.62. The highest BCUT2D eigenvalue weighted by atomic mass is 32.2. The van der Waals surface area contributed by atoms with Gasteiger partial charge in [-0.1, -0.05) is 13.8 Å². The van der Waals surface area contributed by atoms with Crippen molar-refractivity contribution in [2.75, 3.05) is 13.2 Å². The molecule has 0 saturated heterocycles. The van der Waals surface area contributed by atoms with Gasteiger partial charge in [0.15, 0.2) is 0 Å². The van der Waals surface area contributed by atoms with E-state index in [1.54, 1.807) is 6.92 Å². The summed E-state index contributed by atoms with van der Waals surface area (Å²) in [5.74, 6) is -0.420. The van der Waals surface area contributed by atoms with Crippen LogP contribution < -0.4 is 0 Å². The average molecular weight is 386 g/mol. The molecule has 0 heterocycles. The van der Waals surface area contributed by atoms with E-state index in [-0.39, 0.29) is 29.7 Å². The van der Waals surface area contributed by atoms with Crippen molar-refractivity contribution in [3.63, 3.8) is 0 Å². The zero-order valence-electron chi connectivity index (χ0n) is 15.8. The largest absolute Gasteiger partial charge is 0.465 e. The van der Waals surface area contributed by atoms with Crippen molar-refractivity contribution in [2.24, 2.45) is 5.92 Å². The van der Waals surface area contributed by atoms with Crippen molar-refractivity contribution < 1.29 is 22.9 Å². The molecule has 146 valence electrons. The van der Waals surface area contributed by atoms with E-state index in [1.807, 2.05) is 13.8 Å². The van der Waals surface area contributed by atoms with E-state index in [0.29, 0.717) is 6.42 Å². The molecule has 1 rings (SSSR count). The highest BCUT2D eigenvalue weighted by molar-refractivity contribution is 7.89. The van der Waals surface area contributed by atoms with Crippen LogP contribution in [0.2, 0.25) is 0 Å². The molecule has 0 unspecified atom stereocenters. The summed E-state index contributed by atoms with van der Waals surface area (Å²) in [5, 5.41) is 10.8. The van der Waals surface area contributed by atoms with Crippen LogP contribution in [-0.4, -0.2) is 42.3 Å². The fourth-order valence-electron chi connectivity index (χ4n) is 2.35. The predicted octanol–water partition coefficient (Wildman–Crippen LogP) is 2.97. The normalized spacial score (nSPS) is 12.4. The molecular weight excluding hydrogens is 360 g/mol. The molecular formula is C17H26N2O6S. The van der Waals surface area contributed by atoms with E-state index in [9.17, 15) is 23.3 Å². The molecule has 0 aliphatic rings. The molecule has 0 aliphatic carbocycles.